The van der Waals surface area contributed by atoms with Gasteiger partial charge in [-0.15, -0.1) is 0 Å². The van der Waals surface area contributed by atoms with E-state index in [1.807, 2.05) is 0 Å². The van der Waals surface area contributed by atoms with Crippen LogP contribution in [-0.2, 0) is 13.8 Å². The maximum atomic E-state index is 14.9. The Morgan fingerprint density at radius 3 is 2.86 bits per heavy atom. The number of nitrogens with zero attached hydrogens (tertiary/aromatic N) is 4. The van der Waals surface area contributed by atoms with E-state index in [4.69, 9.17) is 19.5 Å². The van der Waals surface area contributed by atoms with E-state index < -0.39 is 45.6 Å². The molecule has 4 rings (SSSR count). The van der Waals surface area contributed by atoms with E-state index in [0.717, 1.165) is 4.57 Å². The molecule has 3 heterocycles. The van der Waals surface area contributed by atoms with Crippen molar-refractivity contribution in [3.05, 3.63) is 42.7 Å². The zero-order valence-corrected chi connectivity index (χ0v) is 15.7. The van der Waals surface area contributed by atoms with Crippen molar-refractivity contribution in [3.63, 3.8) is 0 Å². The van der Waals surface area contributed by atoms with Crippen molar-refractivity contribution in [2.75, 3.05) is 12.3 Å². The topological polar surface area (TPSA) is 114 Å². The van der Waals surface area contributed by atoms with Crippen LogP contribution >= 0.6 is 8.25 Å². The maximum absolute atomic E-state index is 14.9. The van der Waals surface area contributed by atoms with Crippen LogP contribution in [0.5, 0.6) is 5.75 Å². The van der Waals surface area contributed by atoms with Crippen molar-refractivity contribution in [2.45, 2.75) is 24.7 Å². The van der Waals surface area contributed by atoms with Gasteiger partial charge in [-0.25, -0.2) is 18.3 Å². The minimum absolute atomic E-state index is 0.0688. The minimum Gasteiger partial charge on any atom is -0.426 e. The molecular weight excluding hydrogens is 414 g/mol. The summed E-state index contributed by atoms with van der Waals surface area (Å²) in [6.45, 7) is -0.965. The number of alkyl halides is 2. The number of fused-ring (bicyclic) bond motifs is 1. The monoisotopic (exact) mass is 429 g/mol. The number of rotatable bonds is 6. The number of ether oxygens (including phenoxy) is 1. The molecule has 2 aromatic heterocycles. The molecule has 4 atom stereocenters. The van der Waals surface area contributed by atoms with Crippen LogP contribution in [0.3, 0.4) is 0 Å². The number of halogens is 3. The normalized spacial score (nSPS) is 25.3. The van der Waals surface area contributed by atoms with E-state index in [0.29, 0.717) is 0 Å². The summed E-state index contributed by atoms with van der Waals surface area (Å²) in [5.74, 6) is -2.85. The van der Waals surface area contributed by atoms with Gasteiger partial charge in [-0.2, -0.15) is 14.4 Å². The van der Waals surface area contributed by atoms with Crippen LogP contribution in [0.2, 0.25) is 0 Å². The Balaban J connectivity index is 1.46. The molecule has 2 N–H and O–H groups in total. The van der Waals surface area contributed by atoms with Gasteiger partial charge in [0.2, 0.25) is 0 Å². The number of nitrogens with two attached hydrogens (primary N) is 1. The number of imidazole rings is 1. The number of hydrogen-bond donors (Lipinski definition) is 1. The zero-order valence-electron chi connectivity index (χ0n) is 14.7. The molecule has 0 spiro atoms. The summed E-state index contributed by atoms with van der Waals surface area (Å²) in [5, 5.41) is 0. The molecule has 0 amide bonds. The Bertz CT molecular complexity index is 1060. The molecule has 0 radical (unpaired) electrons. The molecule has 1 saturated heterocycles. The van der Waals surface area contributed by atoms with Crippen molar-refractivity contribution in [2.24, 2.45) is 0 Å². The summed E-state index contributed by atoms with van der Waals surface area (Å²) < 4.78 is 70.8. The minimum atomic E-state index is -3.15. The van der Waals surface area contributed by atoms with Gasteiger partial charge in [-0.1, -0.05) is 18.2 Å². The van der Waals surface area contributed by atoms with Crippen LogP contribution in [0, 0.1) is 6.08 Å². The van der Waals surface area contributed by atoms with Crippen molar-refractivity contribution < 1.29 is 31.5 Å². The van der Waals surface area contributed by atoms with E-state index in [1.54, 1.807) is 18.2 Å². The standard InChI is InChI=1S/C16H15F3N5O4P/c17-10-6-11(24-8-21-12-13(20)22-15(18)23-14(12)24)27-16(10,19)7-26-29(25)28-9-4-2-1-3-5-9/h1-5,8,10-11,29H,6-7H2,(H2,20,22,23)/t10-,11+,16+/m0/s1. The highest BCUT2D eigenvalue weighted by atomic mass is 31.1. The van der Waals surface area contributed by atoms with Gasteiger partial charge in [0.05, 0.1) is 6.33 Å². The van der Waals surface area contributed by atoms with Crippen LogP contribution in [0.15, 0.2) is 36.7 Å². The summed E-state index contributed by atoms with van der Waals surface area (Å²) >= 11 is 0. The smallest absolute Gasteiger partial charge is 0.368 e. The lowest BCUT2D eigenvalue weighted by Gasteiger charge is -2.22. The van der Waals surface area contributed by atoms with E-state index in [2.05, 4.69) is 15.0 Å². The molecule has 1 unspecified atom stereocenters. The van der Waals surface area contributed by atoms with Gasteiger partial charge in [-0.05, 0) is 12.1 Å². The largest absolute Gasteiger partial charge is 0.426 e. The molecule has 3 aromatic rings. The molecule has 13 heteroatoms. The van der Waals surface area contributed by atoms with Gasteiger partial charge in [0.15, 0.2) is 23.2 Å². The van der Waals surface area contributed by atoms with E-state index in [-0.39, 0.29) is 22.7 Å². The predicted octanol–water partition coefficient (Wildman–Crippen LogP) is 2.96. The van der Waals surface area contributed by atoms with Gasteiger partial charge in [-0.3, -0.25) is 9.09 Å². The maximum Gasteiger partial charge on any atom is 0.368 e. The second kappa shape index (κ2) is 7.62. The van der Waals surface area contributed by atoms with Crippen molar-refractivity contribution >= 4 is 25.2 Å². The summed E-state index contributed by atoms with van der Waals surface area (Å²) in [7, 11) is -3.15. The molecular formula is C16H15F3N5O4P. The fourth-order valence-electron chi connectivity index (χ4n) is 2.89. The number of nitrogen functional groups attached to an aromatic ring is 1. The molecule has 0 bridgehead atoms. The highest BCUT2D eigenvalue weighted by Gasteiger charge is 2.52. The average molecular weight is 429 g/mol. The van der Waals surface area contributed by atoms with E-state index in [9.17, 15) is 17.7 Å². The lowest BCUT2D eigenvalue weighted by atomic mass is 10.2. The summed E-state index contributed by atoms with van der Waals surface area (Å²) in [6, 6.07) is 8.10. The van der Waals surface area contributed by atoms with Crippen LogP contribution in [-0.4, -0.2) is 38.2 Å². The number of para-hydroxylation sites is 1. The number of hydrogen-bond acceptors (Lipinski definition) is 8. The molecule has 1 aliphatic rings. The fourth-order valence-corrected chi connectivity index (χ4v) is 3.59. The van der Waals surface area contributed by atoms with Gasteiger partial charge in [0, 0.05) is 6.42 Å². The Morgan fingerprint density at radius 1 is 1.34 bits per heavy atom. The highest BCUT2D eigenvalue weighted by molar-refractivity contribution is 7.33. The van der Waals surface area contributed by atoms with Crippen LogP contribution in [0.25, 0.3) is 11.2 Å². The summed E-state index contributed by atoms with van der Waals surface area (Å²) in [4.78, 5) is 10.8. The van der Waals surface area contributed by atoms with Crippen molar-refractivity contribution in [1.82, 2.24) is 19.5 Å². The average Bonchev–Trinajstić information content (AvgIpc) is 3.23. The first kappa shape index (κ1) is 19.6. The SMILES string of the molecule is Nc1nc(F)nc2c1ncn2[C@H]1C[C@H](F)[C@@](F)(CO[PH](=O)Oc2ccccc2)O1. The summed E-state index contributed by atoms with van der Waals surface area (Å²) in [6.07, 6.45) is -3.69. The Kier molecular flexibility index (Phi) is 5.15. The van der Waals surface area contributed by atoms with Crippen LogP contribution < -0.4 is 10.3 Å². The van der Waals surface area contributed by atoms with E-state index >= 15 is 0 Å². The molecule has 1 aromatic carbocycles. The lowest BCUT2D eigenvalue weighted by Crippen LogP contribution is -2.36. The molecule has 29 heavy (non-hydrogen) atoms. The molecule has 1 aliphatic heterocycles. The molecule has 0 saturated carbocycles. The van der Waals surface area contributed by atoms with Gasteiger partial charge in [0.1, 0.15) is 18.6 Å². The first-order valence-corrected chi connectivity index (χ1v) is 9.64. The van der Waals surface area contributed by atoms with Crippen molar-refractivity contribution in [1.29, 1.82) is 0 Å². The highest BCUT2D eigenvalue weighted by Crippen LogP contribution is 2.43. The van der Waals surface area contributed by atoms with Crippen LogP contribution in [0.4, 0.5) is 19.0 Å². The lowest BCUT2D eigenvalue weighted by molar-refractivity contribution is -0.190. The zero-order chi connectivity index (χ0) is 20.6. The molecule has 9 nitrogen and oxygen atoms in total. The third-order valence-corrected chi connectivity index (χ3v) is 5.05. The van der Waals surface area contributed by atoms with Gasteiger partial charge < -0.3 is 15.0 Å². The number of benzene rings is 1. The van der Waals surface area contributed by atoms with Crippen molar-refractivity contribution in [3.8, 4) is 5.75 Å². The third-order valence-electron chi connectivity index (χ3n) is 4.27. The second-order valence-electron chi connectivity index (χ2n) is 6.22. The third kappa shape index (κ3) is 3.91. The second-order valence-corrected chi connectivity index (χ2v) is 7.21. The quantitative estimate of drug-likeness (QED) is 0.470. The Labute approximate surface area is 162 Å². The molecule has 0 aliphatic carbocycles. The Hall–Kier alpha value is -2.69. The first-order valence-electron chi connectivity index (χ1n) is 8.42. The fraction of sp³-hybridized carbons (Fsp3) is 0.312. The van der Waals surface area contributed by atoms with Gasteiger partial charge in [0.25, 0.3) is 5.85 Å². The number of anilines is 1. The van der Waals surface area contributed by atoms with Gasteiger partial charge >= 0.3 is 14.3 Å². The molecule has 1 fully saturated rings. The van der Waals surface area contributed by atoms with E-state index in [1.165, 1.54) is 18.5 Å². The predicted molar refractivity (Wildman–Crippen MR) is 95.2 cm³/mol. The van der Waals surface area contributed by atoms with Crippen LogP contribution in [0.1, 0.15) is 12.6 Å². The number of aromatic nitrogens is 4. The molecule has 154 valence electrons. The summed E-state index contributed by atoms with van der Waals surface area (Å²) in [5.41, 5.74) is 5.57. The first-order chi connectivity index (χ1) is 13.9. The Morgan fingerprint density at radius 2 is 2.10 bits per heavy atom.